The fourth-order valence-electron chi connectivity index (χ4n) is 3.42. The number of nitrogens with one attached hydrogen (secondary N) is 1. The lowest BCUT2D eigenvalue weighted by Gasteiger charge is -2.29. The SMILES string of the molecule is O=C1COc2ccc(-c3ccnc(Nc4ccccc4)n3)cc2N1Cc1ccccn1. The van der Waals surface area contributed by atoms with Gasteiger partial charge in [-0.3, -0.25) is 14.7 Å². The minimum Gasteiger partial charge on any atom is -0.482 e. The molecule has 1 N–H and O–H groups in total. The van der Waals surface area contributed by atoms with Crippen LogP contribution in [0.4, 0.5) is 17.3 Å². The second-order valence-corrected chi connectivity index (χ2v) is 7.03. The molecule has 1 aliphatic heterocycles. The zero-order chi connectivity index (χ0) is 21.0. The number of amides is 1. The highest BCUT2D eigenvalue weighted by molar-refractivity contribution is 5.98. The lowest BCUT2D eigenvalue weighted by molar-refractivity contribution is -0.121. The Morgan fingerprint density at radius 3 is 2.65 bits per heavy atom. The molecule has 5 rings (SSSR count). The number of pyridine rings is 1. The summed E-state index contributed by atoms with van der Waals surface area (Å²) in [7, 11) is 0. The van der Waals surface area contributed by atoms with Crippen LogP contribution in [0.15, 0.2) is 85.2 Å². The van der Waals surface area contributed by atoms with Crippen molar-refractivity contribution in [3.8, 4) is 17.0 Å². The number of hydrogen-bond acceptors (Lipinski definition) is 6. The third kappa shape index (κ3) is 4.06. The first-order valence-corrected chi connectivity index (χ1v) is 9.89. The van der Waals surface area contributed by atoms with E-state index in [9.17, 15) is 4.79 Å². The minimum absolute atomic E-state index is 0.0117. The van der Waals surface area contributed by atoms with Gasteiger partial charge in [0.2, 0.25) is 5.95 Å². The number of carbonyl (C=O) groups is 1. The molecule has 2 aromatic heterocycles. The molecule has 0 aliphatic carbocycles. The summed E-state index contributed by atoms with van der Waals surface area (Å²) < 4.78 is 5.64. The molecule has 7 heteroatoms. The van der Waals surface area contributed by atoms with Crippen molar-refractivity contribution in [1.82, 2.24) is 15.0 Å². The largest absolute Gasteiger partial charge is 0.482 e. The van der Waals surface area contributed by atoms with Gasteiger partial charge >= 0.3 is 0 Å². The highest BCUT2D eigenvalue weighted by Gasteiger charge is 2.26. The van der Waals surface area contributed by atoms with Gasteiger partial charge in [-0.1, -0.05) is 24.3 Å². The number of hydrogen-bond donors (Lipinski definition) is 1. The van der Waals surface area contributed by atoms with Crippen molar-refractivity contribution in [2.45, 2.75) is 6.54 Å². The first-order chi connectivity index (χ1) is 15.3. The number of rotatable bonds is 5. The number of ether oxygens (including phenoxy) is 1. The van der Waals surface area contributed by atoms with E-state index >= 15 is 0 Å². The van der Waals surface area contributed by atoms with Crippen molar-refractivity contribution in [2.75, 3.05) is 16.8 Å². The van der Waals surface area contributed by atoms with Crippen LogP contribution < -0.4 is 15.0 Å². The monoisotopic (exact) mass is 409 g/mol. The van der Waals surface area contributed by atoms with Crippen LogP contribution in [-0.2, 0) is 11.3 Å². The second kappa shape index (κ2) is 8.23. The zero-order valence-corrected chi connectivity index (χ0v) is 16.6. The first-order valence-electron chi connectivity index (χ1n) is 9.89. The van der Waals surface area contributed by atoms with E-state index < -0.39 is 0 Å². The second-order valence-electron chi connectivity index (χ2n) is 7.03. The Morgan fingerprint density at radius 1 is 0.935 bits per heavy atom. The summed E-state index contributed by atoms with van der Waals surface area (Å²) in [6.07, 6.45) is 3.43. The van der Waals surface area contributed by atoms with Crippen LogP contribution in [0.3, 0.4) is 0 Å². The molecule has 7 nitrogen and oxygen atoms in total. The predicted octanol–water partition coefficient (Wildman–Crippen LogP) is 4.21. The molecule has 0 fully saturated rings. The Bertz CT molecular complexity index is 1220. The summed E-state index contributed by atoms with van der Waals surface area (Å²) in [5.41, 5.74) is 4.03. The lowest BCUT2D eigenvalue weighted by atomic mass is 10.1. The van der Waals surface area contributed by atoms with Gasteiger partial charge in [-0.2, -0.15) is 0 Å². The molecule has 1 amide bonds. The van der Waals surface area contributed by atoms with Gasteiger partial charge in [0, 0.05) is 23.6 Å². The van der Waals surface area contributed by atoms with Crippen molar-refractivity contribution in [1.29, 1.82) is 0 Å². The molecule has 31 heavy (non-hydrogen) atoms. The van der Waals surface area contributed by atoms with E-state index in [1.165, 1.54) is 0 Å². The average Bonchev–Trinajstić information content (AvgIpc) is 2.82. The van der Waals surface area contributed by atoms with E-state index in [1.807, 2.05) is 72.8 Å². The quantitative estimate of drug-likeness (QED) is 0.532. The maximum atomic E-state index is 12.6. The molecule has 4 aromatic rings. The average molecular weight is 409 g/mol. The predicted molar refractivity (Wildman–Crippen MR) is 118 cm³/mol. The fourth-order valence-corrected chi connectivity index (χ4v) is 3.42. The standard InChI is InChI=1S/C24H19N5O2/c30-23-16-31-22-10-9-17(14-21(22)29(23)15-19-8-4-5-12-25-19)20-11-13-26-24(28-20)27-18-6-2-1-3-7-18/h1-14H,15-16H2,(H,26,27,28). The van der Waals surface area contributed by atoms with E-state index in [2.05, 4.69) is 20.3 Å². The van der Waals surface area contributed by atoms with Crippen molar-refractivity contribution in [3.63, 3.8) is 0 Å². The lowest BCUT2D eigenvalue weighted by Crippen LogP contribution is -2.38. The van der Waals surface area contributed by atoms with E-state index in [4.69, 9.17) is 4.74 Å². The Morgan fingerprint density at radius 2 is 1.81 bits per heavy atom. The van der Waals surface area contributed by atoms with E-state index in [0.29, 0.717) is 23.9 Å². The molecule has 0 bridgehead atoms. The van der Waals surface area contributed by atoms with Crippen LogP contribution >= 0.6 is 0 Å². The van der Waals surface area contributed by atoms with E-state index in [1.54, 1.807) is 17.3 Å². The van der Waals surface area contributed by atoms with Gasteiger partial charge in [0.15, 0.2) is 6.61 Å². The zero-order valence-electron chi connectivity index (χ0n) is 16.6. The van der Waals surface area contributed by atoms with Gasteiger partial charge in [-0.05, 0) is 48.5 Å². The molecule has 2 aromatic carbocycles. The molecule has 0 spiro atoms. The third-order valence-electron chi connectivity index (χ3n) is 4.93. The van der Waals surface area contributed by atoms with Crippen LogP contribution in [0.25, 0.3) is 11.3 Å². The van der Waals surface area contributed by atoms with Crippen LogP contribution in [-0.4, -0.2) is 27.5 Å². The summed E-state index contributed by atoms with van der Waals surface area (Å²) in [5, 5.41) is 3.21. The highest BCUT2D eigenvalue weighted by Crippen LogP contribution is 2.36. The van der Waals surface area contributed by atoms with Gasteiger partial charge in [-0.15, -0.1) is 0 Å². The summed E-state index contributed by atoms with van der Waals surface area (Å²) in [6.45, 7) is 0.391. The van der Waals surface area contributed by atoms with Crippen molar-refractivity contribution in [2.24, 2.45) is 0 Å². The molecule has 0 atom stereocenters. The molecule has 0 saturated carbocycles. The summed E-state index contributed by atoms with van der Waals surface area (Å²) >= 11 is 0. The maximum absolute atomic E-state index is 12.6. The Hall–Kier alpha value is -4.26. The van der Waals surface area contributed by atoms with E-state index in [0.717, 1.165) is 22.6 Å². The molecule has 3 heterocycles. The smallest absolute Gasteiger partial charge is 0.265 e. The van der Waals surface area contributed by atoms with Crippen molar-refractivity contribution in [3.05, 3.63) is 90.9 Å². The van der Waals surface area contributed by atoms with Crippen LogP contribution in [0.1, 0.15) is 5.69 Å². The number of para-hydroxylation sites is 1. The summed E-state index contributed by atoms with van der Waals surface area (Å²) in [6, 6.07) is 23.0. The molecular weight excluding hydrogens is 390 g/mol. The number of anilines is 3. The topological polar surface area (TPSA) is 80.2 Å². The number of nitrogens with zero attached hydrogens (tertiary/aromatic N) is 4. The summed E-state index contributed by atoms with van der Waals surface area (Å²) in [5.74, 6) is 1.06. The van der Waals surface area contributed by atoms with Crippen LogP contribution in [0.5, 0.6) is 5.75 Å². The molecule has 0 radical (unpaired) electrons. The van der Waals surface area contributed by atoms with E-state index in [-0.39, 0.29) is 12.5 Å². The van der Waals surface area contributed by atoms with Crippen molar-refractivity contribution >= 4 is 23.2 Å². The van der Waals surface area contributed by atoms with Crippen LogP contribution in [0, 0.1) is 0 Å². The Labute approximate surface area is 179 Å². The van der Waals surface area contributed by atoms with Gasteiger partial charge in [0.05, 0.1) is 23.6 Å². The summed E-state index contributed by atoms with van der Waals surface area (Å²) in [4.78, 5) is 27.6. The fraction of sp³-hybridized carbons (Fsp3) is 0.0833. The van der Waals surface area contributed by atoms with Gasteiger partial charge in [-0.25, -0.2) is 9.97 Å². The van der Waals surface area contributed by atoms with Crippen LogP contribution in [0.2, 0.25) is 0 Å². The minimum atomic E-state index is -0.107. The van der Waals surface area contributed by atoms with Crippen molar-refractivity contribution < 1.29 is 9.53 Å². The Kier molecular flexibility index (Phi) is 4.98. The van der Waals surface area contributed by atoms with Gasteiger partial charge in [0.25, 0.3) is 5.91 Å². The first kappa shape index (κ1) is 18.7. The van der Waals surface area contributed by atoms with Gasteiger partial charge in [0.1, 0.15) is 5.75 Å². The molecule has 0 saturated heterocycles. The molecular formula is C24H19N5O2. The number of carbonyl (C=O) groups excluding carboxylic acids is 1. The Balaban J connectivity index is 1.47. The molecule has 152 valence electrons. The number of fused-ring (bicyclic) bond motifs is 1. The number of aromatic nitrogens is 3. The number of benzene rings is 2. The van der Waals surface area contributed by atoms with Gasteiger partial charge < -0.3 is 10.1 Å². The molecule has 0 unspecified atom stereocenters. The maximum Gasteiger partial charge on any atom is 0.265 e. The third-order valence-corrected chi connectivity index (χ3v) is 4.93. The molecule has 1 aliphatic rings. The highest BCUT2D eigenvalue weighted by atomic mass is 16.5. The normalized spacial score (nSPS) is 12.8.